The van der Waals surface area contributed by atoms with Gasteiger partial charge in [0.15, 0.2) is 17.4 Å². The van der Waals surface area contributed by atoms with Crippen molar-refractivity contribution in [1.82, 2.24) is 9.97 Å². The van der Waals surface area contributed by atoms with Crippen molar-refractivity contribution >= 4 is 0 Å². The summed E-state index contributed by atoms with van der Waals surface area (Å²) >= 11 is 0. The number of hydrogen-bond acceptors (Lipinski definition) is 4. The molecule has 2 aromatic heterocycles. The van der Waals surface area contributed by atoms with Crippen molar-refractivity contribution in [2.45, 2.75) is 24.9 Å². The molecule has 0 bridgehead atoms. The molecule has 0 saturated heterocycles. The van der Waals surface area contributed by atoms with Crippen molar-refractivity contribution in [1.29, 1.82) is 0 Å². The topological polar surface area (TPSA) is 55.2 Å². The fourth-order valence-corrected chi connectivity index (χ4v) is 3.80. The van der Waals surface area contributed by atoms with Crippen molar-refractivity contribution in [3.8, 4) is 17.0 Å². The van der Waals surface area contributed by atoms with Crippen LogP contribution in [0, 0.1) is 11.6 Å². The van der Waals surface area contributed by atoms with Crippen molar-refractivity contribution < 1.29 is 18.6 Å². The second kappa shape index (κ2) is 6.70. The second-order valence-corrected chi connectivity index (χ2v) is 6.61. The molecule has 0 aliphatic heterocycles. The van der Waals surface area contributed by atoms with E-state index in [-0.39, 0.29) is 5.56 Å². The Kier molecular flexibility index (Phi) is 4.36. The highest BCUT2D eigenvalue weighted by Crippen LogP contribution is 2.43. The van der Waals surface area contributed by atoms with E-state index in [1.807, 2.05) is 18.2 Å². The van der Waals surface area contributed by atoms with Crippen LogP contribution < -0.4 is 0 Å². The van der Waals surface area contributed by atoms with E-state index in [9.17, 15) is 13.9 Å². The molecule has 6 heteroatoms. The summed E-state index contributed by atoms with van der Waals surface area (Å²) in [5.41, 5.74) is 2.81. The van der Waals surface area contributed by atoms with Crippen LogP contribution in [0.5, 0.6) is 5.75 Å². The summed E-state index contributed by atoms with van der Waals surface area (Å²) in [5, 5.41) is 9.30. The normalized spacial score (nSPS) is 18.9. The van der Waals surface area contributed by atoms with Gasteiger partial charge in [0.1, 0.15) is 5.60 Å². The molecule has 0 amide bonds. The third-order valence-corrected chi connectivity index (χ3v) is 5.14. The summed E-state index contributed by atoms with van der Waals surface area (Å²) in [4.78, 5) is 8.86. The van der Waals surface area contributed by atoms with Gasteiger partial charge in [0.25, 0.3) is 0 Å². The predicted octanol–water partition coefficient (Wildman–Crippen LogP) is 4.35. The Morgan fingerprint density at radius 3 is 2.59 bits per heavy atom. The Morgan fingerprint density at radius 2 is 1.93 bits per heavy atom. The maximum absolute atomic E-state index is 13.7. The molecule has 0 spiro atoms. The van der Waals surface area contributed by atoms with Crippen LogP contribution in [0.25, 0.3) is 11.3 Å². The molecular weight excluding hydrogens is 350 g/mol. The summed E-state index contributed by atoms with van der Waals surface area (Å²) in [6.45, 7) is 0. The van der Waals surface area contributed by atoms with Crippen LogP contribution in [0.2, 0.25) is 0 Å². The van der Waals surface area contributed by atoms with Crippen LogP contribution in [0.15, 0.2) is 48.8 Å². The number of phenols is 1. The van der Waals surface area contributed by atoms with Crippen LogP contribution in [-0.4, -0.2) is 22.2 Å². The van der Waals surface area contributed by atoms with Gasteiger partial charge in [0.2, 0.25) is 0 Å². The zero-order valence-electron chi connectivity index (χ0n) is 14.7. The lowest BCUT2D eigenvalue weighted by atomic mass is 9.77. The van der Waals surface area contributed by atoms with E-state index in [0.717, 1.165) is 48.2 Å². The van der Waals surface area contributed by atoms with Gasteiger partial charge in [-0.2, -0.15) is 0 Å². The standard InChI is InChI=1S/C21H18F2N2O2/c1-27-21(14-4-3-9-24-12-14)8-2-5-19-15(21)6-7-18(25-19)13-10-16(22)20(26)17(23)11-13/h3-4,6-7,9-12,26H,2,5,8H2,1H3. The van der Waals surface area contributed by atoms with Crippen molar-refractivity contribution in [3.05, 3.63) is 77.2 Å². The van der Waals surface area contributed by atoms with Gasteiger partial charge in [-0.05, 0) is 43.5 Å². The molecule has 1 aromatic carbocycles. The van der Waals surface area contributed by atoms with Crippen LogP contribution in [0.3, 0.4) is 0 Å². The molecule has 0 saturated carbocycles. The largest absolute Gasteiger partial charge is 0.503 e. The van der Waals surface area contributed by atoms with E-state index < -0.39 is 23.0 Å². The number of aromatic nitrogens is 2. The quantitative estimate of drug-likeness (QED) is 0.747. The average molecular weight is 368 g/mol. The van der Waals surface area contributed by atoms with Gasteiger partial charge < -0.3 is 9.84 Å². The second-order valence-electron chi connectivity index (χ2n) is 6.61. The molecule has 138 valence electrons. The molecule has 0 fully saturated rings. The smallest absolute Gasteiger partial charge is 0.187 e. The molecule has 0 radical (unpaired) electrons. The number of rotatable bonds is 3. The molecule has 1 atom stereocenters. The number of nitrogens with zero attached hydrogens (tertiary/aromatic N) is 2. The number of phenolic OH excluding ortho intramolecular Hbond substituents is 1. The van der Waals surface area contributed by atoms with Crippen molar-refractivity contribution in [3.63, 3.8) is 0 Å². The Bertz CT molecular complexity index is 972. The first-order valence-corrected chi connectivity index (χ1v) is 8.69. The molecule has 4 nitrogen and oxygen atoms in total. The lowest BCUT2D eigenvalue weighted by Gasteiger charge is -2.37. The first-order valence-electron chi connectivity index (χ1n) is 8.69. The summed E-state index contributed by atoms with van der Waals surface area (Å²) < 4.78 is 33.4. The van der Waals surface area contributed by atoms with Gasteiger partial charge in [-0.1, -0.05) is 12.1 Å². The van der Waals surface area contributed by atoms with Crippen molar-refractivity contribution in [2.75, 3.05) is 7.11 Å². The lowest BCUT2D eigenvalue weighted by molar-refractivity contribution is 0.00642. The third kappa shape index (κ3) is 2.86. The Labute approximate surface area is 155 Å². The van der Waals surface area contributed by atoms with Crippen LogP contribution in [0.4, 0.5) is 8.78 Å². The Morgan fingerprint density at radius 1 is 1.15 bits per heavy atom. The van der Waals surface area contributed by atoms with E-state index in [2.05, 4.69) is 9.97 Å². The zero-order chi connectivity index (χ0) is 19.0. The average Bonchev–Trinajstić information content (AvgIpc) is 2.71. The molecule has 1 aliphatic carbocycles. The molecule has 2 heterocycles. The third-order valence-electron chi connectivity index (χ3n) is 5.14. The van der Waals surface area contributed by atoms with E-state index in [4.69, 9.17) is 4.74 Å². The fraction of sp³-hybridized carbons (Fsp3) is 0.238. The molecule has 1 unspecified atom stereocenters. The molecular formula is C21H18F2N2O2. The van der Waals surface area contributed by atoms with Crippen LogP contribution >= 0.6 is 0 Å². The molecule has 3 aromatic rings. The van der Waals surface area contributed by atoms with Crippen LogP contribution in [-0.2, 0) is 16.8 Å². The number of halogens is 2. The number of fused-ring (bicyclic) bond motifs is 1. The minimum atomic E-state index is -1.01. The molecule has 27 heavy (non-hydrogen) atoms. The maximum Gasteiger partial charge on any atom is 0.187 e. The van der Waals surface area contributed by atoms with Gasteiger partial charge in [0.05, 0.1) is 5.69 Å². The Hall–Kier alpha value is -2.86. The van der Waals surface area contributed by atoms with E-state index >= 15 is 0 Å². The zero-order valence-corrected chi connectivity index (χ0v) is 14.7. The van der Waals surface area contributed by atoms with Gasteiger partial charge in [-0.15, -0.1) is 0 Å². The van der Waals surface area contributed by atoms with Gasteiger partial charge in [-0.3, -0.25) is 9.97 Å². The highest BCUT2D eigenvalue weighted by atomic mass is 19.1. The molecule has 4 rings (SSSR count). The number of aromatic hydroxyl groups is 1. The van der Waals surface area contributed by atoms with Gasteiger partial charge in [0, 0.05) is 41.9 Å². The minimum absolute atomic E-state index is 0.278. The SMILES string of the molecule is COC1(c2cccnc2)CCCc2nc(-c3cc(F)c(O)c(F)c3)ccc21. The molecule has 1 N–H and O–H groups in total. The fourth-order valence-electron chi connectivity index (χ4n) is 3.80. The van der Waals surface area contributed by atoms with Gasteiger partial charge in [-0.25, -0.2) is 8.78 Å². The minimum Gasteiger partial charge on any atom is -0.503 e. The highest BCUT2D eigenvalue weighted by Gasteiger charge is 2.39. The maximum atomic E-state index is 13.7. The summed E-state index contributed by atoms with van der Waals surface area (Å²) in [6, 6.07) is 9.63. The summed E-state index contributed by atoms with van der Waals surface area (Å²) in [6.07, 6.45) is 5.91. The van der Waals surface area contributed by atoms with E-state index in [1.165, 1.54) is 0 Å². The van der Waals surface area contributed by atoms with Gasteiger partial charge >= 0.3 is 0 Å². The van der Waals surface area contributed by atoms with Crippen LogP contribution in [0.1, 0.15) is 29.7 Å². The summed E-state index contributed by atoms with van der Waals surface area (Å²) in [7, 11) is 1.67. The predicted molar refractivity (Wildman–Crippen MR) is 96.2 cm³/mol. The number of hydrogen-bond donors (Lipinski definition) is 1. The number of benzene rings is 1. The molecule has 1 aliphatic rings. The monoisotopic (exact) mass is 368 g/mol. The lowest BCUT2D eigenvalue weighted by Crippen LogP contribution is -2.34. The number of pyridine rings is 2. The number of ether oxygens (including phenoxy) is 1. The number of methoxy groups -OCH3 is 1. The van der Waals surface area contributed by atoms with E-state index in [0.29, 0.717) is 5.69 Å². The highest BCUT2D eigenvalue weighted by molar-refractivity contribution is 5.62. The Balaban J connectivity index is 1.83. The first-order chi connectivity index (χ1) is 13.0. The number of aryl methyl sites for hydroxylation is 1. The van der Waals surface area contributed by atoms with Crippen molar-refractivity contribution in [2.24, 2.45) is 0 Å². The first kappa shape index (κ1) is 17.5. The summed E-state index contributed by atoms with van der Waals surface area (Å²) in [5.74, 6) is -3.00. The van der Waals surface area contributed by atoms with E-state index in [1.54, 1.807) is 25.6 Å².